The lowest BCUT2D eigenvalue weighted by atomic mass is 10.1. The molecule has 1 aromatic heterocycles. The van der Waals surface area contributed by atoms with E-state index in [4.69, 9.17) is 0 Å². The molecule has 0 fully saturated rings. The highest BCUT2D eigenvalue weighted by molar-refractivity contribution is 6.23. The summed E-state index contributed by atoms with van der Waals surface area (Å²) in [6.07, 6.45) is 3.68. The second-order valence-corrected chi connectivity index (χ2v) is 3.57. The zero-order chi connectivity index (χ0) is 11.1. The van der Waals surface area contributed by atoms with Crippen LogP contribution in [-0.4, -0.2) is 16.4 Å². The molecular formula is C12H8N2O2. The Morgan fingerprint density at radius 2 is 1.69 bits per heavy atom. The van der Waals surface area contributed by atoms with Crippen molar-refractivity contribution < 1.29 is 9.59 Å². The number of aromatic nitrogens is 1. The van der Waals surface area contributed by atoms with Crippen molar-refractivity contribution in [2.45, 2.75) is 0 Å². The van der Waals surface area contributed by atoms with Gasteiger partial charge in [-0.05, 0) is 24.3 Å². The van der Waals surface area contributed by atoms with Crippen molar-refractivity contribution in [2.75, 3.05) is 0 Å². The Labute approximate surface area is 91.5 Å². The molecule has 1 aliphatic heterocycles. The van der Waals surface area contributed by atoms with E-state index in [1.807, 2.05) is 35.2 Å². The summed E-state index contributed by atoms with van der Waals surface area (Å²) in [4.78, 5) is 23.1. The van der Waals surface area contributed by atoms with Gasteiger partial charge in [-0.15, -0.1) is 0 Å². The molecule has 0 saturated heterocycles. The lowest BCUT2D eigenvalue weighted by molar-refractivity contribution is 0.0879. The van der Waals surface area contributed by atoms with E-state index in [2.05, 4.69) is 5.32 Å². The average Bonchev–Trinajstić information content (AvgIpc) is 2.88. The number of fused-ring (bicyclic) bond motifs is 1. The van der Waals surface area contributed by atoms with Crippen molar-refractivity contribution in [3.05, 3.63) is 53.9 Å². The second-order valence-electron chi connectivity index (χ2n) is 3.57. The quantitative estimate of drug-likeness (QED) is 0.725. The van der Waals surface area contributed by atoms with Gasteiger partial charge in [0.25, 0.3) is 11.8 Å². The van der Waals surface area contributed by atoms with Crippen LogP contribution in [0.1, 0.15) is 20.7 Å². The van der Waals surface area contributed by atoms with Crippen LogP contribution in [0.5, 0.6) is 0 Å². The highest BCUT2D eigenvalue weighted by atomic mass is 16.2. The predicted molar refractivity (Wildman–Crippen MR) is 57.6 cm³/mol. The number of rotatable bonds is 1. The van der Waals surface area contributed by atoms with Crippen molar-refractivity contribution in [1.29, 1.82) is 0 Å². The zero-order valence-electron chi connectivity index (χ0n) is 8.31. The van der Waals surface area contributed by atoms with E-state index >= 15 is 0 Å². The van der Waals surface area contributed by atoms with Crippen LogP contribution in [0.3, 0.4) is 0 Å². The molecule has 2 heterocycles. The van der Waals surface area contributed by atoms with Crippen LogP contribution < -0.4 is 5.32 Å². The first-order chi connectivity index (χ1) is 7.77. The fraction of sp³-hybridized carbons (Fsp3) is 0. The molecule has 1 N–H and O–H groups in total. The smallest absolute Gasteiger partial charge is 0.261 e. The maximum absolute atomic E-state index is 11.6. The van der Waals surface area contributed by atoms with E-state index in [1.165, 1.54) is 0 Å². The van der Waals surface area contributed by atoms with Crippen LogP contribution in [0.4, 0.5) is 0 Å². The summed E-state index contributed by atoms with van der Waals surface area (Å²) in [5.74, 6) is -0.654. The zero-order valence-corrected chi connectivity index (χ0v) is 8.31. The Kier molecular flexibility index (Phi) is 1.71. The minimum absolute atomic E-state index is 0.325. The molecule has 4 nitrogen and oxygen atoms in total. The van der Waals surface area contributed by atoms with Crippen LogP contribution in [-0.2, 0) is 0 Å². The lowest BCUT2D eigenvalue weighted by Gasteiger charge is -2.06. The first-order valence-electron chi connectivity index (χ1n) is 4.89. The monoisotopic (exact) mass is 212 g/mol. The number of nitrogens with zero attached hydrogens (tertiary/aromatic N) is 1. The highest BCUT2D eigenvalue weighted by Gasteiger charge is 2.29. The average molecular weight is 212 g/mol. The van der Waals surface area contributed by atoms with Crippen LogP contribution in [0.15, 0.2) is 42.7 Å². The largest absolute Gasteiger partial charge is 0.323 e. The van der Waals surface area contributed by atoms with Crippen LogP contribution >= 0.6 is 0 Å². The molecule has 4 heteroatoms. The van der Waals surface area contributed by atoms with Gasteiger partial charge in [0.15, 0.2) is 0 Å². The maximum Gasteiger partial charge on any atom is 0.261 e. The van der Waals surface area contributed by atoms with Crippen molar-refractivity contribution in [3.8, 4) is 5.69 Å². The van der Waals surface area contributed by atoms with Gasteiger partial charge >= 0.3 is 0 Å². The van der Waals surface area contributed by atoms with Gasteiger partial charge in [-0.25, -0.2) is 0 Å². The van der Waals surface area contributed by atoms with E-state index in [0.29, 0.717) is 11.1 Å². The molecule has 3 rings (SSSR count). The number of benzene rings is 1. The molecule has 2 aromatic rings. The molecule has 0 unspecified atom stereocenters. The lowest BCUT2D eigenvalue weighted by Crippen LogP contribution is -2.20. The van der Waals surface area contributed by atoms with Crippen LogP contribution in [0.2, 0.25) is 0 Å². The number of hydrogen-bond acceptors (Lipinski definition) is 2. The number of imide groups is 1. The Morgan fingerprint density at radius 1 is 0.938 bits per heavy atom. The Balaban J connectivity index is 2.30. The number of hydrogen-bond donors (Lipinski definition) is 1. The summed E-state index contributed by atoms with van der Waals surface area (Å²) in [6.45, 7) is 0. The fourth-order valence-corrected chi connectivity index (χ4v) is 1.91. The summed E-state index contributed by atoms with van der Waals surface area (Å²) in [6, 6.07) is 8.98. The Morgan fingerprint density at radius 3 is 2.44 bits per heavy atom. The second kappa shape index (κ2) is 3.06. The summed E-state index contributed by atoms with van der Waals surface area (Å²) in [5, 5.41) is 2.29. The van der Waals surface area contributed by atoms with Gasteiger partial charge in [-0.3, -0.25) is 14.9 Å². The molecule has 0 spiro atoms. The highest BCUT2D eigenvalue weighted by Crippen LogP contribution is 2.23. The number of amides is 2. The first-order valence-corrected chi connectivity index (χ1v) is 4.89. The van der Waals surface area contributed by atoms with Crippen molar-refractivity contribution in [1.82, 2.24) is 9.88 Å². The molecule has 0 radical (unpaired) electrons. The van der Waals surface area contributed by atoms with E-state index in [-0.39, 0.29) is 11.8 Å². The molecule has 0 bridgehead atoms. The van der Waals surface area contributed by atoms with Crippen LogP contribution in [0, 0.1) is 0 Å². The molecule has 1 aliphatic rings. The standard InChI is InChI=1S/C12H8N2O2/c15-11-8-4-3-5-9(10(8)12(16)13-11)14-6-1-2-7-14/h1-7H,(H,13,15,16). The van der Waals surface area contributed by atoms with Crippen molar-refractivity contribution in [2.24, 2.45) is 0 Å². The van der Waals surface area contributed by atoms with Crippen LogP contribution in [0.25, 0.3) is 5.69 Å². The molecule has 2 amide bonds. The van der Waals surface area contributed by atoms with E-state index in [0.717, 1.165) is 5.69 Å². The van der Waals surface area contributed by atoms with Crippen molar-refractivity contribution in [3.63, 3.8) is 0 Å². The topological polar surface area (TPSA) is 51.1 Å². The molecule has 0 aliphatic carbocycles. The van der Waals surface area contributed by atoms with E-state index in [9.17, 15) is 9.59 Å². The molecule has 1 aromatic carbocycles. The fourth-order valence-electron chi connectivity index (χ4n) is 1.91. The Hall–Kier alpha value is -2.36. The SMILES string of the molecule is O=C1NC(=O)c2c1cccc2-n1cccc1. The van der Waals surface area contributed by atoms with Gasteiger partial charge in [0.05, 0.1) is 16.8 Å². The summed E-state index contributed by atoms with van der Waals surface area (Å²) in [7, 11) is 0. The van der Waals surface area contributed by atoms with Crippen molar-refractivity contribution >= 4 is 11.8 Å². The third-order valence-corrected chi connectivity index (χ3v) is 2.62. The van der Waals surface area contributed by atoms with Gasteiger partial charge in [0, 0.05) is 12.4 Å². The number of nitrogens with one attached hydrogen (secondary N) is 1. The molecular weight excluding hydrogens is 204 g/mol. The normalized spacial score (nSPS) is 13.8. The molecule has 78 valence electrons. The van der Waals surface area contributed by atoms with Gasteiger partial charge in [0.1, 0.15) is 0 Å². The molecule has 0 atom stereocenters. The third kappa shape index (κ3) is 1.10. The first kappa shape index (κ1) is 8.91. The third-order valence-electron chi connectivity index (χ3n) is 2.62. The summed E-state index contributed by atoms with van der Waals surface area (Å²) >= 11 is 0. The van der Waals surface area contributed by atoms with Gasteiger partial charge in [-0.1, -0.05) is 6.07 Å². The summed E-state index contributed by atoms with van der Waals surface area (Å²) < 4.78 is 1.82. The maximum atomic E-state index is 11.6. The molecule has 0 saturated carbocycles. The van der Waals surface area contributed by atoms with Gasteiger partial charge < -0.3 is 4.57 Å². The van der Waals surface area contributed by atoms with E-state index < -0.39 is 0 Å². The number of carbonyl (C=O) groups is 2. The predicted octanol–water partition coefficient (Wildman–Crippen LogP) is 1.36. The van der Waals surface area contributed by atoms with Gasteiger partial charge in [-0.2, -0.15) is 0 Å². The molecule has 16 heavy (non-hydrogen) atoms. The number of carbonyl (C=O) groups excluding carboxylic acids is 2. The van der Waals surface area contributed by atoms with E-state index in [1.54, 1.807) is 12.1 Å². The minimum atomic E-state index is -0.329. The summed E-state index contributed by atoms with van der Waals surface area (Å²) in [5.41, 5.74) is 1.62. The minimum Gasteiger partial charge on any atom is -0.323 e. The van der Waals surface area contributed by atoms with Gasteiger partial charge in [0.2, 0.25) is 0 Å². The Bertz CT molecular complexity index is 585.